The minimum absolute atomic E-state index is 0.175. The zero-order valence-corrected chi connectivity index (χ0v) is 14.9. The van der Waals surface area contributed by atoms with Gasteiger partial charge in [-0.25, -0.2) is 4.18 Å². The molecule has 7 heteroatoms. The van der Waals surface area contributed by atoms with E-state index in [-0.39, 0.29) is 10.8 Å². The Labute approximate surface area is 148 Å². The molecular weight excluding hydrogens is 338 g/mol. The van der Waals surface area contributed by atoms with E-state index in [1.807, 2.05) is 24.0 Å². The van der Waals surface area contributed by atoms with Gasteiger partial charge >= 0.3 is 0 Å². The fraction of sp³-hybridized carbons (Fsp3) is 0.389. The lowest BCUT2D eigenvalue weighted by molar-refractivity contribution is -0.0617. The maximum Gasteiger partial charge on any atom is 0.299 e. The number of hydrogen-bond donors (Lipinski definition) is 1. The summed E-state index contributed by atoms with van der Waals surface area (Å²) in [7, 11) is -3.86. The van der Waals surface area contributed by atoms with Gasteiger partial charge < -0.3 is 10.2 Å². The molecule has 1 aromatic heterocycles. The summed E-state index contributed by atoms with van der Waals surface area (Å²) in [4.78, 5) is 6.35. The van der Waals surface area contributed by atoms with Crippen LogP contribution in [-0.4, -0.2) is 38.8 Å². The van der Waals surface area contributed by atoms with Crippen molar-refractivity contribution in [1.82, 2.24) is 10.3 Å². The second kappa shape index (κ2) is 6.09. The molecule has 25 heavy (non-hydrogen) atoms. The Bertz CT molecular complexity index is 855. The Morgan fingerprint density at radius 1 is 1.28 bits per heavy atom. The fourth-order valence-electron chi connectivity index (χ4n) is 3.65. The summed E-state index contributed by atoms with van der Waals surface area (Å²) in [6.45, 7) is 4.04. The van der Waals surface area contributed by atoms with Crippen LogP contribution in [0.4, 0.5) is 5.69 Å². The molecule has 2 fully saturated rings. The molecule has 3 heterocycles. The summed E-state index contributed by atoms with van der Waals surface area (Å²) in [5, 5.41) is 3.29. The number of hydrogen-bond acceptors (Lipinski definition) is 6. The molecule has 0 amide bonds. The van der Waals surface area contributed by atoms with Gasteiger partial charge in [-0.2, -0.15) is 8.42 Å². The second-order valence-electron chi connectivity index (χ2n) is 6.68. The number of aromatic nitrogens is 1. The molecule has 2 saturated heterocycles. The Hall–Kier alpha value is -1.96. The predicted octanol–water partition coefficient (Wildman–Crippen LogP) is 1.92. The van der Waals surface area contributed by atoms with Crippen molar-refractivity contribution < 1.29 is 12.6 Å². The first kappa shape index (κ1) is 16.5. The maximum absolute atomic E-state index is 12.9. The van der Waals surface area contributed by atoms with Gasteiger partial charge in [0.15, 0.2) is 5.72 Å². The average molecular weight is 359 g/mol. The number of aryl methyl sites for hydroxylation is 1. The molecule has 1 N–H and O–H groups in total. The first-order valence-corrected chi connectivity index (χ1v) is 9.83. The number of nitrogens with one attached hydrogen (secondary N) is 1. The Morgan fingerprint density at radius 3 is 2.76 bits per heavy atom. The molecule has 2 atom stereocenters. The number of pyridine rings is 1. The van der Waals surface area contributed by atoms with Crippen molar-refractivity contribution in [3.05, 3.63) is 54.4 Å². The molecule has 132 valence electrons. The standard InChI is InChI=1S/C18H21N3O3S/c1-14-4-6-17(7-5-14)25(22,23)24-18-13-20-10-8-15(18)12-21(18)16-3-2-9-19-11-16/h2-7,9,11,15,20H,8,10,12-13H2,1H3/t15-,18-/m0/s1. The van der Waals surface area contributed by atoms with Crippen LogP contribution in [-0.2, 0) is 14.3 Å². The number of nitrogens with zero attached hydrogens (tertiary/aromatic N) is 2. The Balaban J connectivity index is 1.68. The molecule has 2 aliphatic heterocycles. The van der Waals surface area contributed by atoms with E-state index in [4.69, 9.17) is 4.18 Å². The van der Waals surface area contributed by atoms with E-state index in [1.165, 1.54) is 0 Å². The molecule has 0 aliphatic carbocycles. The van der Waals surface area contributed by atoms with Gasteiger partial charge in [0.1, 0.15) is 0 Å². The number of benzene rings is 1. The van der Waals surface area contributed by atoms with Gasteiger partial charge in [0.2, 0.25) is 0 Å². The van der Waals surface area contributed by atoms with Crippen LogP contribution in [0.15, 0.2) is 53.7 Å². The summed E-state index contributed by atoms with van der Waals surface area (Å²) in [5.41, 5.74) is 1.00. The van der Waals surface area contributed by atoms with Gasteiger partial charge in [-0.1, -0.05) is 17.7 Å². The van der Waals surface area contributed by atoms with Crippen LogP contribution < -0.4 is 10.2 Å². The van der Waals surface area contributed by atoms with Gasteiger partial charge in [-0.3, -0.25) is 4.98 Å². The minimum atomic E-state index is -3.86. The number of rotatable bonds is 4. The normalized spacial score (nSPS) is 26.0. The molecule has 0 spiro atoms. The highest BCUT2D eigenvalue weighted by Gasteiger charge is 2.58. The molecule has 0 bridgehead atoms. The summed E-state index contributed by atoms with van der Waals surface area (Å²) in [6.07, 6.45) is 4.34. The number of anilines is 1. The molecule has 1 aromatic carbocycles. The second-order valence-corrected chi connectivity index (χ2v) is 8.23. The lowest BCUT2D eigenvalue weighted by Crippen LogP contribution is -2.75. The van der Waals surface area contributed by atoms with Gasteiger partial charge in [-0.15, -0.1) is 0 Å². The van der Waals surface area contributed by atoms with Crippen molar-refractivity contribution in [2.75, 3.05) is 24.5 Å². The zero-order chi connectivity index (χ0) is 17.5. The van der Waals surface area contributed by atoms with E-state index < -0.39 is 15.8 Å². The van der Waals surface area contributed by atoms with Crippen molar-refractivity contribution in [1.29, 1.82) is 0 Å². The van der Waals surface area contributed by atoms with Crippen LogP contribution in [0.2, 0.25) is 0 Å². The van der Waals surface area contributed by atoms with E-state index in [1.54, 1.807) is 36.7 Å². The van der Waals surface area contributed by atoms with Crippen molar-refractivity contribution in [2.24, 2.45) is 5.92 Å². The fourth-order valence-corrected chi connectivity index (χ4v) is 4.88. The topological polar surface area (TPSA) is 71.5 Å². The molecule has 0 unspecified atom stereocenters. The number of fused-ring (bicyclic) bond motifs is 1. The van der Waals surface area contributed by atoms with Crippen molar-refractivity contribution >= 4 is 15.8 Å². The van der Waals surface area contributed by atoms with Crippen LogP contribution in [0, 0.1) is 12.8 Å². The van der Waals surface area contributed by atoms with E-state index in [9.17, 15) is 8.42 Å². The van der Waals surface area contributed by atoms with E-state index in [2.05, 4.69) is 10.3 Å². The Kier molecular flexibility index (Phi) is 4.02. The average Bonchev–Trinajstić information content (AvgIpc) is 2.59. The molecule has 0 saturated carbocycles. The first-order valence-electron chi connectivity index (χ1n) is 8.42. The highest BCUT2D eigenvalue weighted by molar-refractivity contribution is 7.86. The maximum atomic E-state index is 12.9. The van der Waals surface area contributed by atoms with E-state index in [0.29, 0.717) is 6.54 Å². The summed E-state index contributed by atoms with van der Waals surface area (Å²) >= 11 is 0. The van der Waals surface area contributed by atoms with Crippen molar-refractivity contribution in [2.45, 2.75) is 24.0 Å². The lowest BCUT2D eigenvalue weighted by atomic mass is 9.79. The van der Waals surface area contributed by atoms with Crippen molar-refractivity contribution in [3.8, 4) is 0 Å². The van der Waals surface area contributed by atoms with Crippen LogP contribution in [0.1, 0.15) is 12.0 Å². The quantitative estimate of drug-likeness (QED) is 0.841. The third-order valence-corrected chi connectivity index (χ3v) is 6.42. The molecular formula is C18H21N3O3S. The van der Waals surface area contributed by atoms with Crippen LogP contribution in [0.5, 0.6) is 0 Å². The van der Waals surface area contributed by atoms with Gasteiger partial charge in [0.25, 0.3) is 10.1 Å². The predicted molar refractivity (Wildman–Crippen MR) is 94.7 cm³/mol. The summed E-state index contributed by atoms with van der Waals surface area (Å²) in [6, 6.07) is 10.5. The minimum Gasteiger partial charge on any atom is -0.339 e. The monoisotopic (exact) mass is 359 g/mol. The highest BCUT2D eigenvalue weighted by atomic mass is 32.2. The zero-order valence-electron chi connectivity index (χ0n) is 14.1. The lowest BCUT2D eigenvalue weighted by Gasteiger charge is -2.60. The van der Waals surface area contributed by atoms with Crippen molar-refractivity contribution in [3.63, 3.8) is 0 Å². The third kappa shape index (κ3) is 2.82. The molecule has 4 rings (SSSR count). The molecule has 0 radical (unpaired) electrons. The van der Waals surface area contributed by atoms with E-state index >= 15 is 0 Å². The first-order chi connectivity index (χ1) is 12.0. The van der Waals surface area contributed by atoms with Crippen LogP contribution in [0.25, 0.3) is 0 Å². The van der Waals surface area contributed by atoms with E-state index in [0.717, 1.165) is 30.8 Å². The van der Waals surface area contributed by atoms with Gasteiger partial charge in [0.05, 0.1) is 16.8 Å². The molecule has 2 aliphatic rings. The third-order valence-electron chi connectivity index (χ3n) is 5.07. The molecule has 6 nitrogen and oxygen atoms in total. The largest absolute Gasteiger partial charge is 0.339 e. The number of piperidine rings is 1. The summed E-state index contributed by atoms with van der Waals surface area (Å²) < 4.78 is 31.6. The Morgan fingerprint density at radius 2 is 2.08 bits per heavy atom. The van der Waals surface area contributed by atoms with Crippen LogP contribution in [0.3, 0.4) is 0 Å². The van der Waals surface area contributed by atoms with Crippen LogP contribution >= 0.6 is 0 Å². The molecule has 2 aromatic rings. The van der Waals surface area contributed by atoms with Gasteiger partial charge in [-0.05, 0) is 44.2 Å². The highest BCUT2D eigenvalue weighted by Crippen LogP contribution is 2.45. The van der Waals surface area contributed by atoms with Gasteiger partial charge in [0, 0.05) is 25.2 Å². The summed E-state index contributed by atoms with van der Waals surface area (Å²) in [5.74, 6) is 0.175. The smallest absolute Gasteiger partial charge is 0.299 e. The SMILES string of the molecule is Cc1ccc(S(=O)(=O)O[C@@]23CNCC[C@H]2CN3c2cccnc2)cc1.